The van der Waals surface area contributed by atoms with Crippen molar-refractivity contribution in [1.82, 2.24) is 4.98 Å². The van der Waals surface area contributed by atoms with E-state index in [-0.39, 0.29) is 17.9 Å². The van der Waals surface area contributed by atoms with Crippen LogP contribution < -0.4 is 9.64 Å². The number of hydrogen-bond acceptors (Lipinski definition) is 4. The molecule has 4 nitrogen and oxygen atoms in total. The average molecular weight is 422 g/mol. The van der Waals surface area contributed by atoms with Crippen molar-refractivity contribution in [2.75, 3.05) is 25.1 Å². The molecule has 2 aliphatic rings. The third-order valence-corrected chi connectivity index (χ3v) is 5.91. The number of ketones is 1. The monoisotopic (exact) mass is 422 g/mol. The zero-order valence-corrected chi connectivity index (χ0v) is 16.5. The van der Waals surface area contributed by atoms with Crippen LogP contribution in [-0.4, -0.2) is 37.1 Å². The van der Waals surface area contributed by atoms with Gasteiger partial charge in [-0.25, -0.2) is 4.39 Å². The first-order chi connectivity index (χ1) is 14.3. The predicted octanol–water partition coefficient (Wildman–Crippen LogP) is 4.65. The standard InChI is InChI=1S/C22H22F4N2O2/c1-30-20-12-16-13(11-19(20)28-7-4-15(23)5-8-28)9-14(21(16)29)10-18-17(22(24,25)26)3-2-6-27-18/h2-3,6,11-12,14-15H,4-5,7-10H2,1H3. The zero-order chi connectivity index (χ0) is 21.5. The molecule has 1 aromatic carbocycles. The number of carbonyl (C=O) groups is 1. The molecule has 1 aliphatic carbocycles. The molecule has 0 N–H and O–H groups in total. The minimum atomic E-state index is -4.52. The van der Waals surface area contributed by atoms with E-state index in [9.17, 15) is 22.4 Å². The smallest absolute Gasteiger partial charge is 0.418 e. The van der Waals surface area contributed by atoms with E-state index < -0.39 is 23.8 Å². The van der Waals surface area contributed by atoms with Gasteiger partial charge < -0.3 is 9.64 Å². The Morgan fingerprint density at radius 2 is 1.97 bits per heavy atom. The van der Waals surface area contributed by atoms with Gasteiger partial charge in [-0.05, 0) is 49.1 Å². The first-order valence-electron chi connectivity index (χ1n) is 9.93. The lowest BCUT2D eigenvalue weighted by molar-refractivity contribution is -0.138. The van der Waals surface area contributed by atoms with Crippen molar-refractivity contribution in [3.63, 3.8) is 0 Å². The summed E-state index contributed by atoms with van der Waals surface area (Å²) in [6.45, 7) is 1.10. The Labute approximate surface area is 171 Å². The average Bonchev–Trinajstić information content (AvgIpc) is 3.02. The summed E-state index contributed by atoms with van der Waals surface area (Å²) < 4.78 is 58.9. The number of benzene rings is 1. The molecule has 0 bridgehead atoms. The van der Waals surface area contributed by atoms with Gasteiger partial charge >= 0.3 is 6.18 Å². The molecular weight excluding hydrogens is 400 g/mol. The van der Waals surface area contributed by atoms with Crippen molar-refractivity contribution in [3.8, 4) is 5.75 Å². The highest BCUT2D eigenvalue weighted by atomic mass is 19.4. The van der Waals surface area contributed by atoms with Crippen LogP contribution >= 0.6 is 0 Å². The molecule has 0 saturated carbocycles. The van der Waals surface area contributed by atoms with Crippen molar-refractivity contribution in [2.45, 2.75) is 38.0 Å². The summed E-state index contributed by atoms with van der Waals surface area (Å²) in [5.41, 5.74) is 1.14. The summed E-state index contributed by atoms with van der Waals surface area (Å²) in [7, 11) is 1.51. The number of fused-ring (bicyclic) bond motifs is 1. The van der Waals surface area contributed by atoms with E-state index in [1.165, 1.54) is 19.4 Å². The van der Waals surface area contributed by atoms with Gasteiger partial charge in [0.2, 0.25) is 0 Å². The third kappa shape index (κ3) is 3.87. The SMILES string of the molecule is COc1cc2c(cc1N1CCC(F)CC1)CC(Cc1ncccc1C(F)(F)F)C2=O. The normalized spacial score (nSPS) is 19.8. The van der Waals surface area contributed by atoms with Gasteiger partial charge in [-0.1, -0.05) is 0 Å². The molecule has 2 aromatic rings. The van der Waals surface area contributed by atoms with E-state index in [1.807, 2.05) is 11.0 Å². The highest BCUT2D eigenvalue weighted by Crippen LogP contribution is 2.40. The fourth-order valence-electron chi connectivity index (χ4n) is 4.34. The number of ether oxygens (including phenoxy) is 1. The van der Waals surface area contributed by atoms with Crippen molar-refractivity contribution in [1.29, 1.82) is 0 Å². The quantitative estimate of drug-likeness (QED) is 0.673. The molecule has 0 amide bonds. The number of piperidine rings is 1. The molecule has 1 saturated heterocycles. The first-order valence-corrected chi connectivity index (χ1v) is 9.93. The van der Waals surface area contributed by atoms with Crippen LogP contribution in [0.1, 0.15) is 40.0 Å². The second-order valence-corrected chi connectivity index (χ2v) is 7.81. The fourth-order valence-corrected chi connectivity index (χ4v) is 4.34. The van der Waals surface area contributed by atoms with E-state index in [4.69, 9.17) is 4.74 Å². The van der Waals surface area contributed by atoms with Gasteiger partial charge in [0.15, 0.2) is 5.78 Å². The number of methoxy groups -OCH3 is 1. The number of anilines is 1. The molecule has 1 unspecified atom stereocenters. The highest BCUT2D eigenvalue weighted by molar-refractivity contribution is 6.03. The Balaban J connectivity index is 1.61. The molecule has 1 aliphatic heterocycles. The topological polar surface area (TPSA) is 42.4 Å². The van der Waals surface area contributed by atoms with Crippen LogP contribution in [0.2, 0.25) is 0 Å². The lowest BCUT2D eigenvalue weighted by atomic mass is 9.96. The maximum absolute atomic E-state index is 13.5. The highest BCUT2D eigenvalue weighted by Gasteiger charge is 2.38. The fraction of sp³-hybridized carbons (Fsp3) is 0.455. The van der Waals surface area contributed by atoms with Gasteiger partial charge in [0.1, 0.15) is 11.9 Å². The molecule has 2 heterocycles. The number of halogens is 4. The number of pyridine rings is 1. The Hall–Kier alpha value is -2.64. The third-order valence-electron chi connectivity index (χ3n) is 5.91. The van der Waals surface area contributed by atoms with Crippen LogP contribution in [0.25, 0.3) is 0 Å². The summed E-state index contributed by atoms with van der Waals surface area (Å²) in [4.78, 5) is 18.9. The zero-order valence-electron chi connectivity index (χ0n) is 16.5. The van der Waals surface area contributed by atoms with E-state index in [0.717, 1.165) is 17.3 Å². The summed E-state index contributed by atoms with van der Waals surface area (Å²) in [5, 5.41) is 0. The lowest BCUT2D eigenvalue weighted by Crippen LogP contribution is -2.34. The van der Waals surface area contributed by atoms with Gasteiger partial charge in [-0.15, -0.1) is 0 Å². The summed E-state index contributed by atoms with van der Waals surface area (Å²) in [6.07, 6.45) is -2.88. The molecule has 1 aromatic heterocycles. The number of carbonyl (C=O) groups excluding carboxylic acids is 1. The van der Waals surface area contributed by atoms with Crippen LogP contribution in [-0.2, 0) is 19.0 Å². The summed E-state index contributed by atoms with van der Waals surface area (Å²) in [6, 6.07) is 5.77. The van der Waals surface area contributed by atoms with Gasteiger partial charge in [-0.3, -0.25) is 9.78 Å². The minimum Gasteiger partial charge on any atom is -0.495 e. The number of alkyl halides is 4. The molecular formula is C22H22F4N2O2. The molecule has 1 fully saturated rings. The van der Waals surface area contributed by atoms with Gasteiger partial charge in [0.25, 0.3) is 0 Å². The van der Waals surface area contributed by atoms with E-state index in [2.05, 4.69) is 4.98 Å². The number of rotatable bonds is 4. The second kappa shape index (κ2) is 7.89. The van der Waals surface area contributed by atoms with Crippen LogP contribution in [0.3, 0.4) is 0 Å². The molecule has 30 heavy (non-hydrogen) atoms. The molecule has 8 heteroatoms. The van der Waals surface area contributed by atoms with Crippen molar-refractivity contribution in [2.24, 2.45) is 5.92 Å². The molecule has 0 spiro atoms. The molecule has 1 atom stereocenters. The van der Waals surface area contributed by atoms with Gasteiger partial charge in [0.05, 0.1) is 24.1 Å². The molecule has 0 radical (unpaired) electrons. The summed E-state index contributed by atoms with van der Waals surface area (Å²) >= 11 is 0. The van der Waals surface area contributed by atoms with Crippen LogP contribution in [0.4, 0.5) is 23.2 Å². The van der Waals surface area contributed by atoms with Crippen LogP contribution in [0, 0.1) is 5.92 Å². The Morgan fingerprint density at radius 1 is 1.23 bits per heavy atom. The number of Topliss-reactive ketones (excluding diaryl/α,β-unsaturated/α-hetero) is 1. The maximum atomic E-state index is 13.5. The minimum absolute atomic E-state index is 0.0753. The van der Waals surface area contributed by atoms with E-state index in [0.29, 0.717) is 43.7 Å². The van der Waals surface area contributed by atoms with Gasteiger partial charge in [-0.2, -0.15) is 13.2 Å². The van der Waals surface area contributed by atoms with E-state index in [1.54, 1.807) is 6.07 Å². The van der Waals surface area contributed by atoms with E-state index >= 15 is 0 Å². The van der Waals surface area contributed by atoms with Gasteiger partial charge in [0, 0.05) is 37.2 Å². The molecule has 160 valence electrons. The second-order valence-electron chi connectivity index (χ2n) is 7.81. The predicted molar refractivity (Wildman–Crippen MR) is 104 cm³/mol. The maximum Gasteiger partial charge on any atom is 0.418 e. The van der Waals surface area contributed by atoms with Crippen molar-refractivity contribution in [3.05, 3.63) is 52.8 Å². The largest absolute Gasteiger partial charge is 0.495 e. The number of aromatic nitrogens is 1. The summed E-state index contributed by atoms with van der Waals surface area (Å²) in [5.74, 6) is -0.280. The Morgan fingerprint density at radius 3 is 2.63 bits per heavy atom. The number of hydrogen-bond donors (Lipinski definition) is 0. The first kappa shape index (κ1) is 20.6. The van der Waals surface area contributed by atoms with Crippen molar-refractivity contribution >= 4 is 11.5 Å². The lowest BCUT2D eigenvalue weighted by Gasteiger charge is -2.32. The van der Waals surface area contributed by atoms with Crippen LogP contribution in [0.5, 0.6) is 5.75 Å². The Kier molecular flexibility index (Phi) is 5.42. The van der Waals surface area contributed by atoms with Crippen LogP contribution in [0.15, 0.2) is 30.5 Å². The Bertz CT molecular complexity index is 953. The van der Waals surface area contributed by atoms with Crippen molar-refractivity contribution < 1.29 is 27.1 Å². The number of nitrogens with zero attached hydrogens (tertiary/aromatic N) is 2. The molecule has 4 rings (SSSR count).